The predicted molar refractivity (Wildman–Crippen MR) is 97.1 cm³/mol. The maximum Gasteiger partial charge on any atom is 0.303 e. The minimum atomic E-state index is -0.828. The van der Waals surface area contributed by atoms with Gasteiger partial charge >= 0.3 is 5.97 Å². The van der Waals surface area contributed by atoms with Crippen LogP contribution in [-0.2, 0) is 9.53 Å². The molecule has 0 fully saturated rings. The van der Waals surface area contributed by atoms with Crippen molar-refractivity contribution in [2.45, 2.75) is 38.5 Å². The number of carbonyl (C=O) groups is 1. The second-order valence-corrected chi connectivity index (χ2v) is 4.96. The Morgan fingerprint density at radius 3 is 2.39 bits per heavy atom. The van der Waals surface area contributed by atoms with Gasteiger partial charge in [0.1, 0.15) is 0 Å². The van der Waals surface area contributed by atoms with Crippen LogP contribution in [0.1, 0.15) is 38.5 Å². The zero-order valence-corrected chi connectivity index (χ0v) is 14.1. The fourth-order valence-corrected chi connectivity index (χ4v) is 1.63. The molecule has 0 aromatic heterocycles. The average molecular weight is 337 g/mol. The quantitative estimate of drug-likeness (QED) is 0.198. The molecule has 0 atom stereocenters. The highest BCUT2D eigenvalue weighted by Gasteiger charge is 1.92. The Morgan fingerprint density at radius 2 is 1.70 bits per heavy atom. The molecule has 0 aromatic rings. The van der Waals surface area contributed by atoms with E-state index in [1.165, 1.54) is 6.26 Å². The zero-order chi connectivity index (χ0) is 17.2. The van der Waals surface area contributed by atoms with Gasteiger partial charge in [-0.1, -0.05) is 49.1 Å². The van der Waals surface area contributed by atoms with E-state index < -0.39 is 5.97 Å². The molecular weight excluding hydrogens is 312 g/mol. The van der Waals surface area contributed by atoms with Crippen LogP contribution in [-0.4, -0.2) is 11.1 Å². The summed E-state index contributed by atoms with van der Waals surface area (Å²) in [6.45, 7) is 3.61. The zero-order valence-electron chi connectivity index (χ0n) is 13.4. The Labute approximate surface area is 144 Å². The lowest BCUT2D eigenvalue weighted by Crippen LogP contribution is -1.91. The number of halogens is 1. The Balaban J connectivity index is 3.67. The van der Waals surface area contributed by atoms with Crippen molar-refractivity contribution in [3.05, 3.63) is 72.7 Å². The van der Waals surface area contributed by atoms with E-state index in [0.29, 0.717) is 11.6 Å². The number of hydrogen-bond donors (Lipinski definition) is 1. The second kappa shape index (κ2) is 16.4. The minimum Gasteiger partial charge on any atom is -0.481 e. The summed E-state index contributed by atoms with van der Waals surface area (Å²) >= 11 is 5.87. The smallest absolute Gasteiger partial charge is 0.303 e. The molecule has 1 N–H and O–H groups in total. The molecule has 126 valence electrons. The van der Waals surface area contributed by atoms with Crippen LogP contribution in [0, 0.1) is 0 Å². The summed E-state index contributed by atoms with van der Waals surface area (Å²) in [6, 6.07) is 0. The molecule has 4 heteroatoms. The summed E-state index contributed by atoms with van der Waals surface area (Å²) in [4.78, 5) is 10.3. The van der Waals surface area contributed by atoms with Gasteiger partial charge in [-0.15, -0.1) is 0 Å². The van der Waals surface area contributed by atoms with Crippen LogP contribution in [0.4, 0.5) is 0 Å². The van der Waals surface area contributed by atoms with Crippen molar-refractivity contribution in [1.29, 1.82) is 0 Å². The molecule has 0 heterocycles. The summed E-state index contributed by atoms with van der Waals surface area (Å²) in [5.74, 6) is -0.828. The number of unbranched alkanes of at least 4 members (excludes halogenated alkanes) is 1. The third-order valence-electron chi connectivity index (χ3n) is 2.59. The van der Waals surface area contributed by atoms with Crippen molar-refractivity contribution < 1.29 is 14.6 Å². The largest absolute Gasteiger partial charge is 0.481 e. The van der Waals surface area contributed by atoms with Gasteiger partial charge in [0.15, 0.2) is 5.22 Å². The first kappa shape index (κ1) is 21.0. The van der Waals surface area contributed by atoms with Crippen LogP contribution >= 0.6 is 11.6 Å². The SMILES string of the molecule is C=C/C=C\C/C=C/C/C=C/CC/C=C(/Cl)O/C=C/CCC(=O)O. The van der Waals surface area contributed by atoms with E-state index >= 15 is 0 Å². The van der Waals surface area contributed by atoms with Crippen LogP contribution in [0.15, 0.2) is 72.7 Å². The van der Waals surface area contributed by atoms with Crippen LogP contribution < -0.4 is 0 Å². The first-order chi connectivity index (χ1) is 11.2. The van der Waals surface area contributed by atoms with Crippen LogP contribution in [0.25, 0.3) is 0 Å². The highest BCUT2D eigenvalue weighted by atomic mass is 35.5. The molecule has 0 rings (SSSR count). The number of ether oxygens (including phenoxy) is 1. The van der Waals surface area contributed by atoms with Gasteiger partial charge in [-0.25, -0.2) is 0 Å². The van der Waals surface area contributed by atoms with E-state index in [2.05, 4.69) is 37.0 Å². The van der Waals surface area contributed by atoms with Crippen molar-refractivity contribution in [1.82, 2.24) is 0 Å². The molecule has 3 nitrogen and oxygen atoms in total. The number of carboxylic acids is 1. The highest BCUT2D eigenvalue weighted by molar-refractivity contribution is 6.28. The number of hydrogen-bond acceptors (Lipinski definition) is 2. The molecule has 0 aliphatic carbocycles. The molecule has 0 radical (unpaired) electrons. The molecule has 0 spiro atoms. The summed E-state index contributed by atoms with van der Waals surface area (Å²) in [5.41, 5.74) is 0. The maximum absolute atomic E-state index is 10.3. The van der Waals surface area contributed by atoms with Gasteiger partial charge in [-0.05, 0) is 55.9 Å². The van der Waals surface area contributed by atoms with E-state index in [4.69, 9.17) is 21.4 Å². The summed E-state index contributed by atoms with van der Waals surface area (Å²) < 4.78 is 5.12. The molecule has 0 saturated carbocycles. The summed E-state index contributed by atoms with van der Waals surface area (Å²) in [7, 11) is 0. The van der Waals surface area contributed by atoms with E-state index in [-0.39, 0.29) is 6.42 Å². The van der Waals surface area contributed by atoms with E-state index in [9.17, 15) is 4.79 Å². The van der Waals surface area contributed by atoms with E-state index in [1.54, 1.807) is 18.2 Å². The van der Waals surface area contributed by atoms with Crippen LogP contribution in [0.5, 0.6) is 0 Å². The third kappa shape index (κ3) is 18.0. The predicted octanol–water partition coefficient (Wildman–Crippen LogP) is 5.88. The van der Waals surface area contributed by atoms with Crippen molar-refractivity contribution in [2.24, 2.45) is 0 Å². The fourth-order valence-electron chi connectivity index (χ4n) is 1.47. The van der Waals surface area contributed by atoms with E-state index in [1.807, 2.05) is 6.08 Å². The topological polar surface area (TPSA) is 46.5 Å². The van der Waals surface area contributed by atoms with Gasteiger partial charge in [0.05, 0.1) is 6.26 Å². The van der Waals surface area contributed by atoms with Crippen LogP contribution in [0.2, 0.25) is 0 Å². The molecule has 0 aliphatic rings. The lowest BCUT2D eigenvalue weighted by atomic mass is 10.2. The summed E-state index contributed by atoms with van der Waals surface area (Å²) in [5, 5.41) is 8.77. The van der Waals surface area contributed by atoms with Crippen molar-refractivity contribution in [3.8, 4) is 0 Å². The van der Waals surface area contributed by atoms with Gasteiger partial charge in [0, 0.05) is 6.42 Å². The highest BCUT2D eigenvalue weighted by Crippen LogP contribution is 2.08. The molecular formula is C19H25ClO3. The Bertz CT molecular complexity index is 471. The van der Waals surface area contributed by atoms with Gasteiger partial charge in [-0.3, -0.25) is 4.79 Å². The molecule has 0 unspecified atom stereocenters. The van der Waals surface area contributed by atoms with Crippen LogP contribution in [0.3, 0.4) is 0 Å². The molecule has 0 aliphatic heterocycles. The average Bonchev–Trinajstić information content (AvgIpc) is 2.52. The van der Waals surface area contributed by atoms with Crippen molar-refractivity contribution >= 4 is 17.6 Å². The molecule has 0 amide bonds. The molecule has 0 bridgehead atoms. The third-order valence-corrected chi connectivity index (χ3v) is 2.83. The number of aliphatic carboxylic acids is 1. The first-order valence-electron chi connectivity index (χ1n) is 7.63. The van der Waals surface area contributed by atoms with Gasteiger partial charge in [-0.2, -0.15) is 0 Å². The molecule has 0 saturated heterocycles. The molecule has 23 heavy (non-hydrogen) atoms. The van der Waals surface area contributed by atoms with Crippen molar-refractivity contribution in [3.63, 3.8) is 0 Å². The van der Waals surface area contributed by atoms with Crippen molar-refractivity contribution in [2.75, 3.05) is 0 Å². The standard InChI is InChI=1S/C19H25ClO3/c1-2-3-4-5-6-7-8-9-10-11-12-15-18(20)23-17-14-13-16-19(21)22/h2-4,6-7,9-10,14-15,17H,1,5,8,11-13,16H2,(H,21,22)/b4-3-,7-6+,10-9+,17-14+,18-15-. The Hall–Kier alpha value is -2.00. The number of rotatable bonds is 13. The van der Waals surface area contributed by atoms with Gasteiger partial charge < -0.3 is 9.84 Å². The minimum absolute atomic E-state index is 0.0883. The Kier molecular flexibility index (Phi) is 14.9. The summed E-state index contributed by atoms with van der Waals surface area (Å²) in [6.07, 6.45) is 23.1. The Morgan fingerprint density at radius 1 is 1.00 bits per heavy atom. The normalized spacial score (nSPS) is 12.8. The molecule has 0 aromatic carbocycles. The number of allylic oxidation sites excluding steroid dienone is 9. The first-order valence-corrected chi connectivity index (χ1v) is 8.01. The lowest BCUT2D eigenvalue weighted by Gasteiger charge is -1.96. The second-order valence-electron chi connectivity index (χ2n) is 4.59. The van der Waals surface area contributed by atoms with E-state index in [0.717, 1.165) is 25.7 Å². The maximum atomic E-state index is 10.3. The number of carboxylic acid groups (broad SMARTS) is 1. The lowest BCUT2D eigenvalue weighted by molar-refractivity contribution is -0.136. The monoisotopic (exact) mass is 336 g/mol. The van der Waals surface area contributed by atoms with Gasteiger partial charge in [0.2, 0.25) is 0 Å². The fraction of sp³-hybridized carbons (Fsp3) is 0.316. The van der Waals surface area contributed by atoms with Gasteiger partial charge in [0.25, 0.3) is 0 Å².